The smallest absolute Gasteiger partial charge is 0.338 e. The zero-order chi connectivity index (χ0) is 16.9. The van der Waals surface area contributed by atoms with E-state index in [0.29, 0.717) is 22.4 Å². The fraction of sp³-hybridized carbons (Fsp3) is 0.375. The van der Waals surface area contributed by atoms with Crippen molar-refractivity contribution in [3.63, 3.8) is 0 Å². The van der Waals surface area contributed by atoms with Gasteiger partial charge in [-0.05, 0) is 31.9 Å². The number of aromatic carboxylic acids is 1. The van der Waals surface area contributed by atoms with E-state index in [0.717, 1.165) is 0 Å². The predicted octanol–water partition coefficient (Wildman–Crippen LogP) is 1.86. The molecule has 1 aliphatic heterocycles. The van der Waals surface area contributed by atoms with Gasteiger partial charge < -0.3 is 15.4 Å². The zero-order valence-corrected chi connectivity index (χ0v) is 13.4. The molecule has 0 radical (unpaired) electrons. The summed E-state index contributed by atoms with van der Waals surface area (Å²) < 4.78 is 0. The number of amidine groups is 1. The maximum Gasteiger partial charge on any atom is 0.338 e. The second-order valence-corrected chi connectivity index (χ2v) is 6.23. The van der Waals surface area contributed by atoms with Crippen LogP contribution in [0, 0.1) is 12.8 Å². The van der Waals surface area contributed by atoms with Crippen LogP contribution in [-0.2, 0) is 4.79 Å². The first kappa shape index (κ1) is 15.2. The van der Waals surface area contributed by atoms with Crippen molar-refractivity contribution in [2.45, 2.75) is 33.2 Å². The van der Waals surface area contributed by atoms with Crippen molar-refractivity contribution >= 4 is 28.7 Å². The van der Waals surface area contributed by atoms with Crippen molar-refractivity contribution in [2.75, 3.05) is 0 Å². The number of carbonyl (C=O) groups excluding carboxylic acids is 1. The summed E-state index contributed by atoms with van der Waals surface area (Å²) in [7, 11) is 0. The first-order chi connectivity index (χ1) is 10.7. The van der Waals surface area contributed by atoms with Crippen LogP contribution in [0.5, 0.6) is 0 Å². The summed E-state index contributed by atoms with van der Waals surface area (Å²) in [5.74, 6) is -0.427. The van der Waals surface area contributed by atoms with E-state index < -0.39 is 11.5 Å². The number of aryl methyl sites for hydroxylation is 1. The third-order valence-corrected chi connectivity index (χ3v) is 4.40. The lowest BCUT2D eigenvalue weighted by Gasteiger charge is -2.21. The summed E-state index contributed by atoms with van der Waals surface area (Å²) in [6.45, 7) is 7.32. The van der Waals surface area contributed by atoms with Gasteiger partial charge in [-0.2, -0.15) is 0 Å². The van der Waals surface area contributed by atoms with E-state index in [-0.39, 0.29) is 23.2 Å². The van der Waals surface area contributed by atoms with Crippen molar-refractivity contribution in [1.82, 2.24) is 15.3 Å². The summed E-state index contributed by atoms with van der Waals surface area (Å²) in [5, 5.41) is 12.3. The minimum atomic E-state index is -1.10. The molecule has 3 rings (SSSR count). The highest BCUT2D eigenvalue weighted by molar-refractivity contribution is 6.20. The Balaban J connectivity index is 2.23. The van der Waals surface area contributed by atoms with Crippen molar-refractivity contribution < 1.29 is 14.7 Å². The van der Waals surface area contributed by atoms with Crippen LogP contribution in [0.2, 0.25) is 0 Å². The van der Waals surface area contributed by atoms with E-state index in [4.69, 9.17) is 0 Å². The molecule has 2 heterocycles. The Kier molecular flexibility index (Phi) is 3.24. The second kappa shape index (κ2) is 4.91. The lowest BCUT2D eigenvalue weighted by Crippen LogP contribution is -2.41. The number of carbonyl (C=O) groups is 2. The first-order valence-electron chi connectivity index (χ1n) is 7.38. The topological polar surface area (TPSA) is 107 Å². The van der Waals surface area contributed by atoms with Gasteiger partial charge in [0.25, 0.3) is 5.91 Å². The van der Waals surface area contributed by atoms with Crippen LogP contribution >= 0.6 is 0 Å². The quantitative estimate of drug-likeness (QED) is 0.803. The Morgan fingerprint density at radius 2 is 2.04 bits per heavy atom. The average Bonchev–Trinajstić information content (AvgIpc) is 2.97. The minimum absolute atomic E-state index is 0.00960. The Morgan fingerprint density at radius 3 is 2.61 bits per heavy atom. The van der Waals surface area contributed by atoms with Crippen LogP contribution in [0.4, 0.5) is 0 Å². The highest BCUT2D eigenvalue weighted by atomic mass is 16.4. The number of nitrogens with one attached hydrogen (secondary N) is 2. The monoisotopic (exact) mass is 314 g/mol. The number of fused-ring (bicyclic) bond motifs is 1. The van der Waals surface area contributed by atoms with Gasteiger partial charge in [0.05, 0.1) is 11.1 Å². The molecular weight excluding hydrogens is 296 g/mol. The Labute approximate surface area is 132 Å². The van der Waals surface area contributed by atoms with Gasteiger partial charge >= 0.3 is 5.97 Å². The molecule has 1 aromatic heterocycles. The van der Waals surface area contributed by atoms with E-state index in [2.05, 4.69) is 20.3 Å². The molecule has 1 aliphatic rings. The highest BCUT2D eigenvalue weighted by Gasteiger charge is 2.42. The third kappa shape index (κ3) is 2.19. The number of hydrogen-bond donors (Lipinski definition) is 3. The first-order valence-corrected chi connectivity index (χ1v) is 7.38. The molecule has 7 nitrogen and oxygen atoms in total. The van der Waals surface area contributed by atoms with Gasteiger partial charge in [-0.15, -0.1) is 0 Å². The molecule has 120 valence electrons. The van der Waals surface area contributed by atoms with Gasteiger partial charge in [0, 0.05) is 5.56 Å². The number of nitrogens with zero attached hydrogens (tertiary/aromatic N) is 2. The van der Waals surface area contributed by atoms with Gasteiger partial charge in [0.1, 0.15) is 22.7 Å². The standard InChI is InChI=1S/C16H18N4O3/c1-7(2)16(4)15(23)19-13(20-16)9-5-6-10-12(11(9)14(21)22)18-8(3)17-10/h5-7H,1-4H3,(H,17,18)(H,21,22)(H,19,20,23). The normalized spacial score (nSPS) is 20.9. The van der Waals surface area contributed by atoms with Crippen LogP contribution in [0.1, 0.15) is 42.5 Å². The molecule has 3 N–H and O–H groups in total. The molecule has 1 amide bonds. The number of amides is 1. The molecule has 23 heavy (non-hydrogen) atoms. The number of hydrogen-bond acceptors (Lipinski definition) is 4. The number of imidazole rings is 1. The Hall–Kier alpha value is -2.70. The number of carboxylic acids is 1. The molecule has 1 unspecified atom stereocenters. The van der Waals surface area contributed by atoms with E-state index in [1.165, 1.54) is 0 Å². The van der Waals surface area contributed by atoms with Crippen molar-refractivity contribution in [1.29, 1.82) is 0 Å². The lowest BCUT2D eigenvalue weighted by atomic mass is 9.89. The molecular formula is C16H18N4O3. The molecule has 2 aromatic rings. The van der Waals surface area contributed by atoms with Crippen molar-refractivity contribution in [2.24, 2.45) is 10.9 Å². The van der Waals surface area contributed by atoms with Crippen molar-refractivity contribution in [3.8, 4) is 0 Å². The van der Waals surface area contributed by atoms with Gasteiger partial charge in [-0.1, -0.05) is 13.8 Å². The average molecular weight is 314 g/mol. The summed E-state index contributed by atoms with van der Waals surface area (Å²) in [6, 6.07) is 3.39. The summed E-state index contributed by atoms with van der Waals surface area (Å²) in [6.07, 6.45) is 0. The Bertz CT molecular complexity index is 866. The number of H-pyrrole nitrogens is 1. The molecule has 0 saturated heterocycles. The number of rotatable bonds is 3. The maximum absolute atomic E-state index is 12.3. The van der Waals surface area contributed by atoms with Crippen LogP contribution in [0.25, 0.3) is 11.0 Å². The van der Waals surface area contributed by atoms with Gasteiger partial charge in [-0.25, -0.2) is 9.78 Å². The number of aliphatic imine (C=N–C) groups is 1. The summed E-state index contributed by atoms with van der Waals surface area (Å²) in [4.78, 5) is 35.8. The number of carboxylic acid groups (broad SMARTS) is 1. The van der Waals surface area contributed by atoms with E-state index in [1.807, 2.05) is 13.8 Å². The van der Waals surface area contributed by atoms with Gasteiger partial charge in [-0.3, -0.25) is 9.79 Å². The number of benzene rings is 1. The SMILES string of the molecule is Cc1nc2c(C(=O)O)c(C3=NC(C)(C(C)C)C(=O)N3)ccc2[nH]1. The van der Waals surface area contributed by atoms with Crippen LogP contribution < -0.4 is 5.32 Å². The predicted molar refractivity (Wildman–Crippen MR) is 85.7 cm³/mol. The van der Waals surface area contributed by atoms with Crippen LogP contribution in [0.3, 0.4) is 0 Å². The molecule has 0 aliphatic carbocycles. The van der Waals surface area contributed by atoms with E-state index in [1.54, 1.807) is 26.0 Å². The molecule has 0 fully saturated rings. The Morgan fingerprint density at radius 1 is 1.35 bits per heavy atom. The number of aromatic nitrogens is 2. The number of aromatic amines is 1. The summed E-state index contributed by atoms with van der Waals surface area (Å²) in [5.41, 5.74) is 0.512. The molecule has 7 heteroatoms. The molecule has 1 aromatic carbocycles. The molecule has 1 atom stereocenters. The second-order valence-electron chi connectivity index (χ2n) is 6.23. The largest absolute Gasteiger partial charge is 0.478 e. The van der Waals surface area contributed by atoms with Gasteiger partial charge in [0.2, 0.25) is 0 Å². The highest BCUT2D eigenvalue weighted by Crippen LogP contribution is 2.29. The third-order valence-electron chi connectivity index (χ3n) is 4.40. The zero-order valence-electron chi connectivity index (χ0n) is 13.4. The van der Waals surface area contributed by atoms with Crippen molar-refractivity contribution in [3.05, 3.63) is 29.1 Å². The lowest BCUT2D eigenvalue weighted by molar-refractivity contribution is -0.124. The molecule has 0 spiro atoms. The maximum atomic E-state index is 12.3. The van der Waals surface area contributed by atoms with E-state index >= 15 is 0 Å². The fourth-order valence-electron chi connectivity index (χ4n) is 2.68. The fourth-order valence-corrected chi connectivity index (χ4v) is 2.68. The van der Waals surface area contributed by atoms with Gasteiger partial charge in [0.15, 0.2) is 0 Å². The molecule has 0 saturated carbocycles. The van der Waals surface area contributed by atoms with E-state index in [9.17, 15) is 14.7 Å². The van der Waals surface area contributed by atoms with Crippen LogP contribution in [-0.4, -0.2) is 38.3 Å². The van der Waals surface area contributed by atoms with Crippen LogP contribution in [0.15, 0.2) is 17.1 Å². The molecule has 0 bridgehead atoms. The summed E-state index contributed by atoms with van der Waals surface area (Å²) >= 11 is 0. The minimum Gasteiger partial charge on any atom is -0.478 e.